The van der Waals surface area contributed by atoms with Crippen molar-refractivity contribution in [3.05, 3.63) is 121 Å². The molecule has 144 valence electrons. The van der Waals surface area contributed by atoms with E-state index in [2.05, 4.69) is 121 Å². The highest BCUT2D eigenvalue weighted by Crippen LogP contribution is 2.40. The van der Waals surface area contributed by atoms with E-state index in [9.17, 15) is 0 Å². The first kappa shape index (κ1) is 18.2. The maximum Gasteiger partial charge on any atom is 0.0550 e. The highest BCUT2D eigenvalue weighted by Gasteiger charge is 2.19. The summed E-state index contributed by atoms with van der Waals surface area (Å²) in [6.45, 7) is 6.33. The van der Waals surface area contributed by atoms with Crippen molar-refractivity contribution < 1.29 is 0 Å². The summed E-state index contributed by atoms with van der Waals surface area (Å²) < 4.78 is 2.35. The van der Waals surface area contributed by atoms with Crippen molar-refractivity contribution in [2.45, 2.75) is 6.92 Å². The van der Waals surface area contributed by atoms with Crippen LogP contribution in [-0.4, -0.2) is 4.57 Å². The number of rotatable bonds is 4. The Morgan fingerprint density at radius 3 is 1.83 bits per heavy atom. The van der Waals surface area contributed by atoms with Crippen LogP contribution in [0.3, 0.4) is 0 Å². The number of hydrogen-bond donors (Lipinski definition) is 0. The second-order valence-electron chi connectivity index (χ2n) is 7.52. The summed E-state index contributed by atoms with van der Waals surface area (Å²) in [5.41, 5.74) is 9.64. The third kappa shape index (κ3) is 2.96. The summed E-state index contributed by atoms with van der Waals surface area (Å²) in [6.07, 6.45) is 1.99. The van der Waals surface area contributed by atoms with Gasteiger partial charge in [0.1, 0.15) is 0 Å². The molecule has 0 unspecified atom stereocenters. The van der Waals surface area contributed by atoms with Gasteiger partial charge in [0.15, 0.2) is 0 Å². The molecule has 0 radical (unpaired) electrons. The molecule has 1 nitrogen and oxygen atoms in total. The van der Waals surface area contributed by atoms with Crippen molar-refractivity contribution in [2.24, 2.45) is 0 Å². The summed E-state index contributed by atoms with van der Waals surface area (Å²) in [5.74, 6) is 0. The molecule has 4 aromatic carbocycles. The fraction of sp³-hybridized carbons (Fsp3) is 0.0345. The Kier molecular flexibility index (Phi) is 4.57. The Morgan fingerprint density at radius 1 is 0.667 bits per heavy atom. The van der Waals surface area contributed by atoms with Gasteiger partial charge in [0.2, 0.25) is 0 Å². The molecule has 0 saturated heterocycles. The zero-order valence-electron chi connectivity index (χ0n) is 17.0. The molecule has 0 aliphatic carbocycles. The number of hydrogen-bond acceptors (Lipinski definition) is 0. The first-order valence-electron chi connectivity index (χ1n) is 10.3. The van der Waals surface area contributed by atoms with Gasteiger partial charge in [-0.3, -0.25) is 0 Å². The van der Waals surface area contributed by atoms with E-state index in [4.69, 9.17) is 0 Å². The smallest absolute Gasteiger partial charge is 0.0550 e. The van der Waals surface area contributed by atoms with E-state index in [1.165, 1.54) is 44.4 Å². The third-order valence-electron chi connectivity index (χ3n) is 5.76. The maximum absolute atomic E-state index is 4.15. The van der Waals surface area contributed by atoms with Crippen LogP contribution >= 0.6 is 0 Å². The van der Waals surface area contributed by atoms with Crippen molar-refractivity contribution in [2.75, 3.05) is 0 Å². The molecule has 5 rings (SSSR count). The minimum Gasteiger partial charge on any atom is -0.313 e. The van der Waals surface area contributed by atoms with Crippen LogP contribution in [0.2, 0.25) is 0 Å². The van der Waals surface area contributed by atoms with Crippen molar-refractivity contribution in [3.8, 4) is 27.9 Å². The van der Waals surface area contributed by atoms with Crippen LogP contribution < -0.4 is 0 Å². The summed E-state index contributed by atoms with van der Waals surface area (Å²) in [5, 5.41) is 1.25. The van der Waals surface area contributed by atoms with E-state index in [0.717, 1.165) is 5.69 Å². The van der Waals surface area contributed by atoms with Gasteiger partial charge < -0.3 is 4.57 Å². The van der Waals surface area contributed by atoms with Gasteiger partial charge in [-0.05, 0) is 53.4 Å². The van der Waals surface area contributed by atoms with Crippen LogP contribution in [0.15, 0.2) is 110 Å². The third-order valence-corrected chi connectivity index (χ3v) is 5.76. The van der Waals surface area contributed by atoms with Gasteiger partial charge in [-0.1, -0.05) is 91.5 Å². The Bertz CT molecular complexity index is 1330. The second-order valence-corrected chi connectivity index (χ2v) is 7.52. The normalized spacial score (nSPS) is 11.0. The van der Waals surface area contributed by atoms with Crippen LogP contribution in [0, 0.1) is 6.92 Å². The molecule has 1 heteroatoms. The Balaban J connectivity index is 1.94. The van der Waals surface area contributed by atoms with Gasteiger partial charge in [0, 0.05) is 22.3 Å². The lowest BCUT2D eigenvalue weighted by Crippen LogP contribution is -1.96. The van der Waals surface area contributed by atoms with Gasteiger partial charge in [-0.15, -0.1) is 0 Å². The van der Waals surface area contributed by atoms with E-state index >= 15 is 0 Å². The highest BCUT2D eigenvalue weighted by molar-refractivity contribution is 6.05. The molecule has 0 spiro atoms. The van der Waals surface area contributed by atoms with Gasteiger partial charge >= 0.3 is 0 Å². The molecule has 0 saturated carbocycles. The predicted molar refractivity (Wildman–Crippen MR) is 129 cm³/mol. The van der Waals surface area contributed by atoms with Gasteiger partial charge in [-0.25, -0.2) is 0 Å². The number of para-hydroxylation sites is 1. The van der Waals surface area contributed by atoms with Crippen molar-refractivity contribution in [1.82, 2.24) is 4.57 Å². The molecule has 0 atom stereocenters. The zero-order valence-corrected chi connectivity index (χ0v) is 17.0. The molecule has 0 bridgehead atoms. The van der Waals surface area contributed by atoms with E-state index in [1.54, 1.807) is 0 Å². The lowest BCUT2D eigenvalue weighted by Gasteiger charge is -2.12. The number of aromatic nitrogens is 1. The van der Waals surface area contributed by atoms with Crippen LogP contribution in [0.4, 0.5) is 0 Å². The van der Waals surface area contributed by atoms with E-state index in [-0.39, 0.29) is 0 Å². The molecule has 0 fully saturated rings. The first-order chi connectivity index (χ1) is 14.8. The molecule has 0 aliphatic heterocycles. The Morgan fingerprint density at radius 2 is 1.23 bits per heavy atom. The number of benzene rings is 4. The summed E-state index contributed by atoms with van der Waals surface area (Å²) in [6, 6.07) is 36.4. The van der Waals surface area contributed by atoms with Crippen molar-refractivity contribution in [3.63, 3.8) is 0 Å². The summed E-state index contributed by atoms with van der Waals surface area (Å²) in [7, 11) is 0. The Hall–Kier alpha value is -3.84. The van der Waals surface area contributed by atoms with Gasteiger partial charge in [0.05, 0.1) is 5.52 Å². The fourth-order valence-electron chi connectivity index (χ4n) is 4.37. The highest BCUT2D eigenvalue weighted by atomic mass is 15.0. The quantitative estimate of drug-likeness (QED) is 0.296. The van der Waals surface area contributed by atoms with E-state index in [1.807, 2.05) is 6.08 Å². The molecule has 0 aliphatic rings. The molecule has 1 aromatic heterocycles. The lowest BCUT2D eigenvalue weighted by atomic mass is 9.94. The molecular weight excluding hydrogens is 362 g/mol. The van der Waals surface area contributed by atoms with E-state index < -0.39 is 0 Å². The minimum absolute atomic E-state index is 1.16. The van der Waals surface area contributed by atoms with Crippen molar-refractivity contribution in [1.29, 1.82) is 0 Å². The summed E-state index contributed by atoms with van der Waals surface area (Å²) in [4.78, 5) is 0. The topological polar surface area (TPSA) is 4.93 Å². The first-order valence-corrected chi connectivity index (χ1v) is 10.3. The molecular formula is C29H23N. The zero-order chi connectivity index (χ0) is 20.5. The average molecular weight is 386 g/mol. The average Bonchev–Trinajstić information content (AvgIpc) is 3.11. The van der Waals surface area contributed by atoms with Gasteiger partial charge in [-0.2, -0.15) is 0 Å². The maximum atomic E-state index is 4.15. The lowest BCUT2D eigenvalue weighted by molar-refractivity contribution is 1.05. The largest absolute Gasteiger partial charge is 0.313 e. The fourth-order valence-corrected chi connectivity index (χ4v) is 4.37. The number of nitrogens with zero attached hydrogens (tertiary/aromatic N) is 1. The second kappa shape index (κ2) is 7.53. The van der Waals surface area contributed by atoms with E-state index in [0.29, 0.717) is 0 Å². The minimum atomic E-state index is 1.16. The molecule has 0 N–H and O–H groups in total. The standard InChI is InChI=1S/C29H23N/c1-3-26-21(2)30(25-17-11-6-12-18-25)28-20-24(22-13-7-4-8-14-22)19-27(29(26)28)23-15-9-5-10-16-23/h3-20H,1H2,2H3. The molecule has 1 heterocycles. The van der Waals surface area contributed by atoms with Crippen LogP contribution in [-0.2, 0) is 0 Å². The van der Waals surface area contributed by atoms with Crippen LogP contribution in [0.5, 0.6) is 0 Å². The SMILES string of the molecule is C=Cc1c(C)n(-c2ccccc2)c2cc(-c3ccccc3)cc(-c3ccccc3)c12. The molecule has 0 amide bonds. The Labute approximate surface area is 177 Å². The molecule has 30 heavy (non-hydrogen) atoms. The van der Waals surface area contributed by atoms with Crippen molar-refractivity contribution >= 4 is 17.0 Å². The summed E-state index contributed by atoms with van der Waals surface area (Å²) >= 11 is 0. The molecule has 5 aromatic rings. The monoisotopic (exact) mass is 385 g/mol. The number of fused-ring (bicyclic) bond motifs is 1. The van der Waals surface area contributed by atoms with Crippen LogP contribution in [0.1, 0.15) is 11.3 Å². The van der Waals surface area contributed by atoms with Gasteiger partial charge in [0.25, 0.3) is 0 Å². The predicted octanol–water partition coefficient (Wildman–Crippen LogP) is 7.92. The van der Waals surface area contributed by atoms with Crippen LogP contribution in [0.25, 0.3) is 44.9 Å².